The van der Waals surface area contributed by atoms with Crippen LogP contribution >= 0.6 is 0 Å². The second kappa shape index (κ2) is 9.30. The smallest absolute Gasteiger partial charge is 0.224 e. The summed E-state index contributed by atoms with van der Waals surface area (Å²) in [6.07, 6.45) is 0.981. The van der Waals surface area contributed by atoms with Crippen LogP contribution in [0.5, 0.6) is 0 Å². The van der Waals surface area contributed by atoms with Crippen molar-refractivity contribution < 1.29 is 9.53 Å². The minimum Gasteiger partial charge on any atom is -0.377 e. The summed E-state index contributed by atoms with van der Waals surface area (Å²) in [5.41, 5.74) is 5.70. The van der Waals surface area contributed by atoms with E-state index in [1.54, 1.807) is 0 Å². The summed E-state index contributed by atoms with van der Waals surface area (Å²) in [5, 5.41) is 2.91. The number of carbonyl (C=O) groups is 1. The molecule has 0 saturated heterocycles. The predicted octanol–water partition coefficient (Wildman–Crippen LogP) is 0.443. The number of nitrogens with one attached hydrogen (secondary N) is 1. The van der Waals surface area contributed by atoms with Crippen molar-refractivity contribution in [3.05, 3.63) is 0 Å². The molecule has 3 N–H and O–H groups in total. The highest BCUT2D eigenvalue weighted by Crippen LogP contribution is 2.02. The standard InChI is InChI=1S/C13H29N3O2/c1-6-18-12(7-8-16(4)5)9-15-13(17)10(2)11(3)14/h10-12H,6-9,14H2,1-5H3,(H,15,17). The molecule has 5 nitrogen and oxygen atoms in total. The topological polar surface area (TPSA) is 67.6 Å². The normalized spacial score (nSPS) is 16.4. The van der Waals surface area contributed by atoms with Crippen LogP contribution in [0.4, 0.5) is 0 Å². The van der Waals surface area contributed by atoms with Crippen LogP contribution < -0.4 is 11.1 Å². The largest absolute Gasteiger partial charge is 0.377 e. The quantitative estimate of drug-likeness (QED) is 0.630. The zero-order valence-electron chi connectivity index (χ0n) is 12.4. The van der Waals surface area contributed by atoms with Gasteiger partial charge in [-0.2, -0.15) is 0 Å². The Labute approximate surface area is 111 Å². The highest BCUT2D eigenvalue weighted by atomic mass is 16.5. The average molecular weight is 259 g/mol. The average Bonchev–Trinajstić information content (AvgIpc) is 2.30. The van der Waals surface area contributed by atoms with Crippen molar-refractivity contribution in [2.24, 2.45) is 11.7 Å². The second-order valence-electron chi connectivity index (χ2n) is 5.06. The minimum atomic E-state index is -0.166. The van der Waals surface area contributed by atoms with Crippen molar-refractivity contribution in [1.82, 2.24) is 10.2 Å². The molecule has 0 aromatic heterocycles. The van der Waals surface area contributed by atoms with Crippen LogP contribution in [-0.4, -0.2) is 56.7 Å². The fourth-order valence-electron chi connectivity index (χ4n) is 1.50. The van der Waals surface area contributed by atoms with Gasteiger partial charge >= 0.3 is 0 Å². The molecule has 5 heteroatoms. The number of rotatable bonds is 9. The molecule has 3 unspecified atom stereocenters. The van der Waals surface area contributed by atoms with Crippen molar-refractivity contribution in [2.75, 3.05) is 33.8 Å². The molecule has 0 fully saturated rings. The zero-order chi connectivity index (χ0) is 14.1. The molecule has 0 aliphatic heterocycles. The number of hydrogen-bond donors (Lipinski definition) is 2. The number of hydrogen-bond acceptors (Lipinski definition) is 4. The van der Waals surface area contributed by atoms with Crippen LogP contribution in [0.15, 0.2) is 0 Å². The van der Waals surface area contributed by atoms with E-state index in [2.05, 4.69) is 10.2 Å². The molecular formula is C13H29N3O2. The van der Waals surface area contributed by atoms with Crippen LogP contribution in [0.2, 0.25) is 0 Å². The van der Waals surface area contributed by atoms with Crippen LogP contribution in [0.1, 0.15) is 27.2 Å². The van der Waals surface area contributed by atoms with Gasteiger partial charge in [-0.15, -0.1) is 0 Å². The summed E-state index contributed by atoms with van der Waals surface area (Å²) in [4.78, 5) is 13.9. The van der Waals surface area contributed by atoms with Gasteiger partial charge < -0.3 is 20.7 Å². The van der Waals surface area contributed by atoms with Crippen molar-refractivity contribution >= 4 is 5.91 Å². The highest BCUT2D eigenvalue weighted by Gasteiger charge is 2.18. The molecule has 0 aromatic rings. The second-order valence-corrected chi connectivity index (χ2v) is 5.06. The number of ether oxygens (including phenoxy) is 1. The summed E-state index contributed by atoms with van der Waals surface area (Å²) in [6, 6.07) is -0.127. The lowest BCUT2D eigenvalue weighted by atomic mass is 10.0. The van der Waals surface area contributed by atoms with Gasteiger partial charge in [0.25, 0.3) is 0 Å². The maximum atomic E-state index is 11.8. The Morgan fingerprint density at radius 2 is 2.00 bits per heavy atom. The van der Waals surface area contributed by atoms with E-state index in [1.165, 1.54) is 0 Å². The molecule has 0 aliphatic rings. The predicted molar refractivity (Wildman–Crippen MR) is 74.4 cm³/mol. The van der Waals surface area contributed by atoms with Crippen LogP contribution in [0.3, 0.4) is 0 Å². The fourth-order valence-corrected chi connectivity index (χ4v) is 1.50. The molecule has 3 atom stereocenters. The maximum Gasteiger partial charge on any atom is 0.224 e. The Morgan fingerprint density at radius 1 is 1.39 bits per heavy atom. The van der Waals surface area contributed by atoms with Crippen LogP contribution in [-0.2, 0) is 9.53 Å². The molecule has 0 saturated carbocycles. The monoisotopic (exact) mass is 259 g/mol. The molecular weight excluding hydrogens is 230 g/mol. The number of amides is 1. The summed E-state index contributed by atoms with van der Waals surface area (Å²) < 4.78 is 5.61. The molecule has 18 heavy (non-hydrogen) atoms. The zero-order valence-corrected chi connectivity index (χ0v) is 12.4. The number of nitrogens with two attached hydrogens (primary N) is 1. The van der Waals surface area contributed by atoms with Gasteiger partial charge in [0.1, 0.15) is 0 Å². The summed E-state index contributed by atoms with van der Waals surface area (Å²) in [7, 11) is 4.06. The summed E-state index contributed by atoms with van der Waals surface area (Å²) >= 11 is 0. The summed E-state index contributed by atoms with van der Waals surface area (Å²) in [6.45, 7) is 7.82. The van der Waals surface area contributed by atoms with Crippen LogP contribution in [0.25, 0.3) is 0 Å². The van der Waals surface area contributed by atoms with E-state index in [-0.39, 0.29) is 24.0 Å². The molecule has 0 bridgehead atoms. The van der Waals surface area contributed by atoms with Crippen molar-refractivity contribution in [3.63, 3.8) is 0 Å². The molecule has 1 amide bonds. The van der Waals surface area contributed by atoms with Gasteiger partial charge in [-0.1, -0.05) is 6.92 Å². The Hall–Kier alpha value is -0.650. The lowest BCUT2D eigenvalue weighted by Crippen LogP contribution is -2.42. The minimum absolute atomic E-state index is 0.000411. The molecule has 0 spiro atoms. The first-order chi connectivity index (χ1) is 8.38. The van der Waals surface area contributed by atoms with Crippen molar-refractivity contribution in [3.8, 4) is 0 Å². The lowest BCUT2D eigenvalue weighted by molar-refractivity contribution is -0.125. The van der Waals surface area contributed by atoms with Gasteiger partial charge in [0.05, 0.1) is 6.10 Å². The Bertz CT molecular complexity index is 232. The fraction of sp³-hybridized carbons (Fsp3) is 0.923. The molecule has 0 radical (unpaired) electrons. The van der Waals surface area contributed by atoms with E-state index in [4.69, 9.17) is 10.5 Å². The molecule has 0 heterocycles. The summed E-state index contributed by atoms with van der Waals surface area (Å²) in [5.74, 6) is -0.166. The van der Waals surface area contributed by atoms with E-state index in [1.807, 2.05) is 34.9 Å². The van der Waals surface area contributed by atoms with Gasteiger partial charge in [0, 0.05) is 31.7 Å². The molecule has 0 aromatic carbocycles. The van der Waals surface area contributed by atoms with Gasteiger partial charge in [-0.25, -0.2) is 0 Å². The Balaban J connectivity index is 4.05. The number of carbonyl (C=O) groups excluding carboxylic acids is 1. The number of nitrogens with zero attached hydrogens (tertiary/aromatic N) is 1. The molecule has 0 aliphatic carbocycles. The van der Waals surface area contributed by atoms with Crippen molar-refractivity contribution in [1.29, 1.82) is 0 Å². The third-order valence-electron chi connectivity index (χ3n) is 3.01. The van der Waals surface area contributed by atoms with E-state index in [0.717, 1.165) is 13.0 Å². The SMILES string of the molecule is CCOC(CCN(C)C)CNC(=O)C(C)C(C)N. The molecule has 0 rings (SSSR count). The van der Waals surface area contributed by atoms with Gasteiger partial charge in [-0.3, -0.25) is 4.79 Å². The van der Waals surface area contributed by atoms with Gasteiger partial charge in [-0.05, 0) is 34.4 Å². The highest BCUT2D eigenvalue weighted by molar-refractivity contribution is 5.78. The Kier molecular flexibility index (Phi) is 8.97. The van der Waals surface area contributed by atoms with E-state index < -0.39 is 0 Å². The van der Waals surface area contributed by atoms with Gasteiger partial charge in [0.2, 0.25) is 5.91 Å². The van der Waals surface area contributed by atoms with E-state index in [9.17, 15) is 4.79 Å². The van der Waals surface area contributed by atoms with E-state index >= 15 is 0 Å². The first-order valence-corrected chi connectivity index (χ1v) is 6.68. The first-order valence-electron chi connectivity index (χ1n) is 6.68. The maximum absolute atomic E-state index is 11.8. The Morgan fingerprint density at radius 3 is 2.44 bits per heavy atom. The van der Waals surface area contributed by atoms with Crippen LogP contribution in [0, 0.1) is 5.92 Å². The van der Waals surface area contributed by atoms with Crippen molar-refractivity contribution in [2.45, 2.75) is 39.3 Å². The third kappa shape index (κ3) is 7.63. The lowest BCUT2D eigenvalue weighted by Gasteiger charge is -2.21. The molecule has 108 valence electrons. The third-order valence-corrected chi connectivity index (χ3v) is 3.01. The van der Waals surface area contributed by atoms with Gasteiger partial charge in [0.15, 0.2) is 0 Å². The van der Waals surface area contributed by atoms with E-state index in [0.29, 0.717) is 13.2 Å². The first kappa shape index (κ1) is 17.4.